The van der Waals surface area contributed by atoms with Gasteiger partial charge in [0.1, 0.15) is 5.82 Å². The van der Waals surface area contributed by atoms with Crippen molar-refractivity contribution in [3.05, 3.63) is 102 Å². The van der Waals surface area contributed by atoms with E-state index in [1.807, 2.05) is 66.7 Å². The number of aromatic amines is 1. The van der Waals surface area contributed by atoms with Gasteiger partial charge < -0.3 is 4.98 Å². The van der Waals surface area contributed by atoms with Gasteiger partial charge in [-0.2, -0.15) is 0 Å². The minimum Gasteiger partial charge on any atom is -0.341 e. The normalized spacial score (nSPS) is 10.7. The number of rotatable bonds is 6. The Morgan fingerprint density at radius 2 is 1.30 bits per heavy atom. The highest BCUT2D eigenvalue weighted by Crippen LogP contribution is 2.30. The largest absolute Gasteiger partial charge is 0.341 e. The Kier molecular flexibility index (Phi) is 4.93. The molecule has 0 radical (unpaired) electrons. The summed E-state index contributed by atoms with van der Waals surface area (Å²) < 4.78 is 0. The van der Waals surface area contributed by atoms with Gasteiger partial charge in [0.05, 0.1) is 11.4 Å². The zero-order chi connectivity index (χ0) is 18.5. The fraction of sp³-hybridized carbons (Fsp3) is 0.0833. The molecule has 0 bridgehead atoms. The standard InChI is InChI=1S/C24H20N2O/c27-21(18-10-4-1-5-11-18)16-17-22-25-23(19-12-6-2-7-13-19)24(26-22)20-14-8-3-9-15-20/h1-15H,16-17H2,(H,25,26). The van der Waals surface area contributed by atoms with Crippen molar-refractivity contribution in [2.45, 2.75) is 12.8 Å². The summed E-state index contributed by atoms with van der Waals surface area (Å²) in [6, 6.07) is 29.7. The number of nitrogens with one attached hydrogen (secondary N) is 1. The zero-order valence-corrected chi connectivity index (χ0v) is 14.9. The smallest absolute Gasteiger partial charge is 0.163 e. The van der Waals surface area contributed by atoms with Gasteiger partial charge in [-0.15, -0.1) is 0 Å². The number of aromatic nitrogens is 2. The Labute approximate surface area is 158 Å². The van der Waals surface area contributed by atoms with Crippen LogP contribution in [-0.2, 0) is 6.42 Å². The van der Waals surface area contributed by atoms with Crippen molar-refractivity contribution in [2.24, 2.45) is 0 Å². The maximum absolute atomic E-state index is 12.4. The van der Waals surface area contributed by atoms with Crippen LogP contribution in [0.2, 0.25) is 0 Å². The molecule has 0 aliphatic heterocycles. The molecule has 3 nitrogen and oxygen atoms in total. The third-order valence-electron chi connectivity index (χ3n) is 4.55. The number of H-pyrrole nitrogens is 1. The lowest BCUT2D eigenvalue weighted by Crippen LogP contribution is -2.01. The Morgan fingerprint density at radius 1 is 0.741 bits per heavy atom. The number of Topliss-reactive ketones (excluding diaryl/α,β-unsaturated/α-hetero) is 1. The molecule has 1 aromatic heterocycles. The fourth-order valence-corrected chi connectivity index (χ4v) is 3.16. The molecular formula is C24H20N2O. The third kappa shape index (κ3) is 3.87. The average Bonchev–Trinajstić information content (AvgIpc) is 3.18. The number of hydrogen-bond donors (Lipinski definition) is 1. The summed E-state index contributed by atoms with van der Waals surface area (Å²) in [5.41, 5.74) is 4.81. The molecule has 4 rings (SSSR count). The molecule has 132 valence electrons. The molecule has 3 heteroatoms. The van der Waals surface area contributed by atoms with Gasteiger partial charge in [-0.25, -0.2) is 4.98 Å². The van der Waals surface area contributed by atoms with Crippen LogP contribution < -0.4 is 0 Å². The Bertz CT molecular complexity index is 965. The minimum atomic E-state index is 0.134. The lowest BCUT2D eigenvalue weighted by molar-refractivity contribution is 0.0982. The van der Waals surface area contributed by atoms with Crippen LogP contribution in [0.4, 0.5) is 0 Å². The summed E-state index contributed by atoms with van der Waals surface area (Å²) in [7, 11) is 0. The molecule has 4 aromatic rings. The molecule has 0 aliphatic carbocycles. The number of carbonyl (C=O) groups excluding carboxylic acids is 1. The first-order chi connectivity index (χ1) is 13.3. The highest BCUT2D eigenvalue weighted by Gasteiger charge is 2.15. The van der Waals surface area contributed by atoms with Crippen molar-refractivity contribution in [3.8, 4) is 22.5 Å². The quantitative estimate of drug-likeness (QED) is 0.462. The molecule has 3 aromatic carbocycles. The van der Waals surface area contributed by atoms with Crippen molar-refractivity contribution in [1.82, 2.24) is 9.97 Å². The van der Waals surface area contributed by atoms with Crippen molar-refractivity contribution < 1.29 is 4.79 Å². The van der Waals surface area contributed by atoms with Crippen LogP contribution in [0.5, 0.6) is 0 Å². The monoisotopic (exact) mass is 352 g/mol. The number of imidazole rings is 1. The second-order valence-electron chi connectivity index (χ2n) is 6.43. The number of nitrogens with zero attached hydrogens (tertiary/aromatic N) is 1. The zero-order valence-electron chi connectivity index (χ0n) is 14.9. The van der Waals surface area contributed by atoms with Gasteiger partial charge in [0.15, 0.2) is 5.78 Å². The summed E-state index contributed by atoms with van der Waals surface area (Å²) in [6.45, 7) is 0. The molecule has 0 spiro atoms. The van der Waals surface area contributed by atoms with Gasteiger partial charge in [-0.3, -0.25) is 4.79 Å². The van der Waals surface area contributed by atoms with E-state index < -0.39 is 0 Å². The molecule has 27 heavy (non-hydrogen) atoms. The maximum atomic E-state index is 12.4. The number of carbonyl (C=O) groups is 1. The SMILES string of the molecule is O=C(CCc1nc(-c2ccccc2)c(-c2ccccc2)[nH]1)c1ccccc1. The van der Waals surface area contributed by atoms with E-state index in [0.717, 1.165) is 33.9 Å². The number of hydrogen-bond acceptors (Lipinski definition) is 2. The predicted molar refractivity (Wildman–Crippen MR) is 109 cm³/mol. The average molecular weight is 352 g/mol. The number of benzene rings is 3. The van der Waals surface area contributed by atoms with E-state index in [4.69, 9.17) is 4.98 Å². The molecule has 0 aliphatic rings. The Balaban J connectivity index is 1.62. The fourth-order valence-electron chi connectivity index (χ4n) is 3.16. The number of aryl methyl sites for hydroxylation is 1. The van der Waals surface area contributed by atoms with Gasteiger partial charge in [0, 0.05) is 29.5 Å². The summed E-state index contributed by atoms with van der Waals surface area (Å²) in [5.74, 6) is 0.964. The molecule has 1 N–H and O–H groups in total. The summed E-state index contributed by atoms with van der Waals surface area (Å²) in [6.07, 6.45) is 1.01. The number of ketones is 1. The first-order valence-corrected chi connectivity index (χ1v) is 9.09. The highest BCUT2D eigenvalue weighted by atomic mass is 16.1. The van der Waals surface area contributed by atoms with Crippen molar-refractivity contribution in [1.29, 1.82) is 0 Å². The molecule has 0 saturated heterocycles. The van der Waals surface area contributed by atoms with E-state index >= 15 is 0 Å². The van der Waals surface area contributed by atoms with Crippen molar-refractivity contribution >= 4 is 5.78 Å². The first kappa shape index (κ1) is 17.0. The summed E-state index contributed by atoms with van der Waals surface area (Å²) in [5, 5.41) is 0. The Morgan fingerprint density at radius 3 is 1.93 bits per heavy atom. The molecular weight excluding hydrogens is 332 g/mol. The van der Waals surface area contributed by atoms with E-state index in [1.54, 1.807) is 0 Å². The van der Waals surface area contributed by atoms with Crippen LogP contribution >= 0.6 is 0 Å². The van der Waals surface area contributed by atoms with Gasteiger partial charge >= 0.3 is 0 Å². The first-order valence-electron chi connectivity index (χ1n) is 9.09. The van der Waals surface area contributed by atoms with Crippen molar-refractivity contribution in [2.75, 3.05) is 0 Å². The molecule has 0 fully saturated rings. The van der Waals surface area contributed by atoms with E-state index in [0.29, 0.717) is 12.8 Å². The van der Waals surface area contributed by atoms with E-state index in [9.17, 15) is 4.79 Å². The second kappa shape index (κ2) is 7.83. The van der Waals surface area contributed by atoms with E-state index in [2.05, 4.69) is 29.2 Å². The van der Waals surface area contributed by atoms with E-state index in [1.165, 1.54) is 0 Å². The lowest BCUT2D eigenvalue weighted by atomic mass is 10.1. The highest BCUT2D eigenvalue weighted by molar-refractivity contribution is 5.96. The van der Waals surface area contributed by atoms with Gasteiger partial charge in [-0.05, 0) is 0 Å². The van der Waals surface area contributed by atoms with Crippen LogP contribution in [-0.4, -0.2) is 15.8 Å². The molecule has 0 atom stereocenters. The summed E-state index contributed by atoms with van der Waals surface area (Å²) in [4.78, 5) is 20.7. The van der Waals surface area contributed by atoms with Crippen molar-refractivity contribution in [3.63, 3.8) is 0 Å². The summed E-state index contributed by atoms with van der Waals surface area (Å²) >= 11 is 0. The van der Waals surface area contributed by atoms with E-state index in [-0.39, 0.29) is 5.78 Å². The Hall–Kier alpha value is -3.46. The molecule has 0 amide bonds. The molecule has 1 heterocycles. The predicted octanol–water partition coefficient (Wildman–Crippen LogP) is 5.56. The molecule has 0 saturated carbocycles. The van der Waals surface area contributed by atoms with Gasteiger partial charge in [0.25, 0.3) is 0 Å². The lowest BCUT2D eigenvalue weighted by Gasteiger charge is -2.02. The van der Waals surface area contributed by atoms with Crippen LogP contribution in [0.1, 0.15) is 22.6 Å². The topological polar surface area (TPSA) is 45.8 Å². The minimum absolute atomic E-state index is 0.134. The van der Waals surface area contributed by atoms with Gasteiger partial charge in [-0.1, -0.05) is 91.0 Å². The van der Waals surface area contributed by atoms with Gasteiger partial charge in [0.2, 0.25) is 0 Å². The van der Waals surface area contributed by atoms with Crippen LogP contribution in [0, 0.1) is 0 Å². The maximum Gasteiger partial charge on any atom is 0.163 e. The molecule has 0 unspecified atom stereocenters. The third-order valence-corrected chi connectivity index (χ3v) is 4.55. The van der Waals surface area contributed by atoms with Crippen LogP contribution in [0.25, 0.3) is 22.5 Å². The van der Waals surface area contributed by atoms with Crippen LogP contribution in [0.15, 0.2) is 91.0 Å². The van der Waals surface area contributed by atoms with Crippen LogP contribution in [0.3, 0.4) is 0 Å². The second-order valence-corrected chi connectivity index (χ2v) is 6.43.